The maximum atomic E-state index is 13.1. The highest BCUT2D eigenvalue weighted by Gasteiger charge is 2.30. The normalized spacial score (nSPS) is 13.8. The van der Waals surface area contributed by atoms with Gasteiger partial charge in [0.05, 0.1) is 26.4 Å². The Morgan fingerprint density at radius 3 is 0.667 bits per heavy atom. The molecular weight excluding hydrogens is 1330 g/mol. The lowest BCUT2D eigenvalue weighted by atomic mass is 10.0. The molecule has 0 saturated heterocycles. The lowest BCUT2D eigenvalue weighted by Crippen LogP contribution is -2.30. The second-order valence-corrected chi connectivity index (χ2v) is 33.3. The minimum Gasteiger partial charge on any atom is -0.462 e. The molecule has 0 fully saturated rings. The van der Waals surface area contributed by atoms with Crippen LogP contribution < -0.4 is 0 Å². The standard InChI is InChI=1S/C83H162O17P2/c1-6-9-12-15-18-21-24-26-28-30-31-33-35-37-43-48-53-58-63-68-82(87)99-79(73-94-81(86)67-62-57-52-47-42-36-34-32-29-27-25-22-19-16-13-10-7-2)75-98-102(91,92)96-71-77(84)70-95-101(89,90)97-74-78(72-93-80(85)66-61-56-51-46-40-23-20-17-14-11-8-3)100-83(88)69-64-59-54-49-44-39-38-41-45-50-55-60-65-76(4)5/h76-79,84H,6-75H2,1-5H3,(H,89,90)(H,91,92)/t77-,78+,79+/m0/s1. The van der Waals surface area contributed by atoms with Crippen molar-refractivity contribution in [2.75, 3.05) is 39.6 Å². The van der Waals surface area contributed by atoms with E-state index in [1.165, 1.54) is 270 Å². The number of esters is 4. The van der Waals surface area contributed by atoms with Crippen LogP contribution in [0.2, 0.25) is 0 Å². The summed E-state index contributed by atoms with van der Waals surface area (Å²) in [5, 5.41) is 10.7. The molecule has 0 aromatic rings. The predicted molar refractivity (Wildman–Crippen MR) is 418 cm³/mol. The summed E-state index contributed by atoms with van der Waals surface area (Å²) in [5.74, 6) is -1.33. The summed E-state index contributed by atoms with van der Waals surface area (Å²) < 4.78 is 68.8. The number of unbranched alkanes of at least 4 members (excludes halogenated alkanes) is 55. The third kappa shape index (κ3) is 76.3. The molecule has 3 N–H and O–H groups in total. The fourth-order valence-electron chi connectivity index (χ4n) is 12.9. The average molecular weight is 1490 g/mol. The monoisotopic (exact) mass is 1490 g/mol. The Bertz CT molecular complexity index is 1940. The van der Waals surface area contributed by atoms with Crippen LogP contribution in [0.4, 0.5) is 0 Å². The van der Waals surface area contributed by atoms with Crippen LogP contribution in [0.5, 0.6) is 0 Å². The van der Waals surface area contributed by atoms with Gasteiger partial charge in [0.15, 0.2) is 12.2 Å². The van der Waals surface area contributed by atoms with E-state index >= 15 is 0 Å². The van der Waals surface area contributed by atoms with E-state index < -0.39 is 97.5 Å². The van der Waals surface area contributed by atoms with Crippen molar-refractivity contribution in [2.45, 2.75) is 464 Å². The van der Waals surface area contributed by atoms with Gasteiger partial charge in [0.2, 0.25) is 0 Å². The number of phosphoric acid groups is 2. The highest BCUT2D eigenvalue weighted by atomic mass is 31.2. The van der Waals surface area contributed by atoms with Gasteiger partial charge >= 0.3 is 39.5 Å². The number of hydrogen-bond acceptors (Lipinski definition) is 15. The highest BCUT2D eigenvalue weighted by Crippen LogP contribution is 2.45. The Morgan fingerprint density at radius 2 is 0.451 bits per heavy atom. The van der Waals surface area contributed by atoms with Crippen molar-refractivity contribution in [2.24, 2.45) is 5.92 Å². The van der Waals surface area contributed by atoms with E-state index in [4.69, 9.17) is 37.0 Å². The molecule has 0 spiro atoms. The van der Waals surface area contributed by atoms with Crippen LogP contribution in [0.1, 0.15) is 446 Å². The molecule has 19 heteroatoms. The van der Waals surface area contributed by atoms with Crippen LogP contribution >= 0.6 is 15.6 Å². The molecule has 0 bridgehead atoms. The topological polar surface area (TPSA) is 237 Å². The van der Waals surface area contributed by atoms with Gasteiger partial charge < -0.3 is 33.8 Å². The number of carbonyl (C=O) groups is 4. The first-order chi connectivity index (χ1) is 49.5. The maximum absolute atomic E-state index is 13.1. The molecule has 0 saturated carbocycles. The average Bonchev–Trinajstić information content (AvgIpc) is 0.996. The van der Waals surface area contributed by atoms with Crippen LogP contribution in [0.3, 0.4) is 0 Å². The molecule has 0 aliphatic rings. The van der Waals surface area contributed by atoms with Crippen molar-refractivity contribution in [3.63, 3.8) is 0 Å². The van der Waals surface area contributed by atoms with Gasteiger partial charge in [-0.1, -0.05) is 394 Å². The van der Waals surface area contributed by atoms with Crippen molar-refractivity contribution >= 4 is 39.5 Å². The van der Waals surface area contributed by atoms with Gasteiger partial charge in [-0.25, -0.2) is 9.13 Å². The Kier molecular flexibility index (Phi) is 74.4. The van der Waals surface area contributed by atoms with E-state index in [-0.39, 0.29) is 25.7 Å². The van der Waals surface area contributed by atoms with Crippen LogP contribution in [0, 0.1) is 5.92 Å². The molecule has 2 unspecified atom stereocenters. The third-order valence-electron chi connectivity index (χ3n) is 19.5. The number of rotatable bonds is 83. The van der Waals surface area contributed by atoms with E-state index in [1.807, 2.05) is 0 Å². The lowest BCUT2D eigenvalue weighted by Gasteiger charge is -2.21. The number of phosphoric ester groups is 2. The molecular formula is C83H162O17P2. The van der Waals surface area contributed by atoms with Crippen molar-refractivity contribution < 1.29 is 80.2 Å². The number of aliphatic hydroxyl groups is 1. The first-order valence-electron chi connectivity index (χ1n) is 43.1. The van der Waals surface area contributed by atoms with Crippen LogP contribution in [-0.4, -0.2) is 96.7 Å². The number of carbonyl (C=O) groups excluding carboxylic acids is 4. The molecule has 0 radical (unpaired) electrons. The number of hydrogen-bond donors (Lipinski definition) is 3. The number of aliphatic hydroxyl groups excluding tert-OH is 1. The molecule has 17 nitrogen and oxygen atoms in total. The molecule has 606 valence electrons. The van der Waals surface area contributed by atoms with Crippen LogP contribution in [0.15, 0.2) is 0 Å². The second-order valence-electron chi connectivity index (χ2n) is 30.3. The van der Waals surface area contributed by atoms with E-state index in [1.54, 1.807) is 0 Å². The van der Waals surface area contributed by atoms with Crippen LogP contribution in [-0.2, 0) is 65.4 Å². The zero-order valence-electron chi connectivity index (χ0n) is 66.8. The maximum Gasteiger partial charge on any atom is 0.472 e. The predicted octanol–water partition coefficient (Wildman–Crippen LogP) is 25.2. The van der Waals surface area contributed by atoms with Gasteiger partial charge in [0.1, 0.15) is 19.3 Å². The largest absolute Gasteiger partial charge is 0.472 e. The van der Waals surface area contributed by atoms with E-state index in [2.05, 4.69) is 34.6 Å². The quantitative estimate of drug-likeness (QED) is 0.0222. The number of ether oxygens (including phenoxy) is 4. The first kappa shape index (κ1) is 100. The molecule has 0 rings (SSSR count). The summed E-state index contributed by atoms with van der Waals surface area (Å²) >= 11 is 0. The van der Waals surface area contributed by atoms with Gasteiger partial charge in [-0.05, 0) is 31.6 Å². The molecule has 0 aliphatic heterocycles. The summed E-state index contributed by atoms with van der Waals surface area (Å²) in [6.45, 7) is 7.36. The fraction of sp³-hybridized carbons (Fsp3) is 0.952. The molecule has 102 heavy (non-hydrogen) atoms. The summed E-state index contributed by atoms with van der Waals surface area (Å²) in [7, 11) is -9.92. The summed E-state index contributed by atoms with van der Waals surface area (Å²) in [5.41, 5.74) is 0. The molecule has 0 aromatic carbocycles. The van der Waals surface area contributed by atoms with Crippen molar-refractivity contribution in [1.29, 1.82) is 0 Å². The van der Waals surface area contributed by atoms with Crippen molar-refractivity contribution in [3.05, 3.63) is 0 Å². The zero-order chi connectivity index (χ0) is 74.8. The van der Waals surface area contributed by atoms with E-state index in [9.17, 15) is 43.2 Å². The van der Waals surface area contributed by atoms with Gasteiger partial charge in [-0.2, -0.15) is 0 Å². The molecule has 0 aliphatic carbocycles. The van der Waals surface area contributed by atoms with Gasteiger partial charge in [0, 0.05) is 25.7 Å². The Labute approximate surface area is 626 Å². The Hall–Kier alpha value is -1.94. The minimum atomic E-state index is -4.96. The van der Waals surface area contributed by atoms with Crippen LogP contribution in [0.25, 0.3) is 0 Å². The highest BCUT2D eigenvalue weighted by molar-refractivity contribution is 7.47. The minimum absolute atomic E-state index is 0.108. The molecule has 5 atom stereocenters. The second kappa shape index (κ2) is 75.9. The first-order valence-corrected chi connectivity index (χ1v) is 46.1. The zero-order valence-corrected chi connectivity index (χ0v) is 68.5. The summed E-state index contributed by atoms with van der Waals surface area (Å²) in [4.78, 5) is 73.1. The van der Waals surface area contributed by atoms with E-state index in [0.717, 1.165) is 95.8 Å². The smallest absolute Gasteiger partial charge is 0.462 e. The van der Waals surface area contributed by atoms with Gasteiger partial charge in [-0.3, -0.25) is 37.3 Å². The summed E-state index contributed by atoms with van der Waals surface area (Å²) in [6.07, 6.45) is 67.9. The Balaban J connectivity index is 5.24. The third-order valence-corrected chi connectivity index (χ3v) is 21.4. The fourth-order valence-corrected chi connectivity index (χ4v) is 14.5. The molecule has 0 aromatic heterocycles. The lowest BCUT2D eigenvalue weighted by molar-refractivity contribution is -0.161. The van der Waals surface area contributed by atoms with Gasteiger partial charge in [0.25, 0.3) is 0 Å². The molecule has 0 amide bonds. The Morgan fingerprint density at radius 1 is 0.265 bits per heavy atom. The van der Waals surface area contributed by atoms with Crippen molar-refractivity contribution in [1.82, 2.24) is 0 Å². The van der Waals surface area contributed by atoms with E-state index in [0.29, 0.717) is 25.7 Å². The van der Waals surface area contributed by atoms with Crippen molar-refractivity contribution in [3.8, 4) is 0 Å². The van der Waals surface area contributed by atoms with Gasteiger partial charge in [-0.15, -0.1) is 0 Å². The SMILES string of the molecule is CCCCCCCCCCCCCCCCCCCCCC(=O)O[C@H](COC(=O)CCCCCCCCCCCCCCCCCCC)COP(=O)(O)OC[C@@H](O)COP(=O)(O)OC[C@@H](COC(=O)CCCCCCCCCCCCC)OC(=O)CCCCCCCCCCCCCCC(C)C. The molecule has 0 heterocycles. The summed E-state index contributed by atoms with van der Waals surface area (Å²) in [6, 6.07) is 0.